The number of aromatic nitrogens is 2. The lowest BCUT2D eigenvalue weighted by Crippen LogP contribution is -2.35. The average Bonchev–Trinajstić information content (AvgIpc) is 2.93. The second-order valence-corrected chi connectivity index (χ2v) is 7.55. The van der Waals surface area contributed by atoms with Crippen molar-refractivity contribution in [3.8, 4) is 0 Å². The van der Waals surface area contributed by atoms with Gasteiger partial charge >= 0.3 is 5.97 Å². The van der Waals surface area contributed by atoms with E-state index in [1.165, 1.54) is 6.07 Å². The molecule has 6 heteroatoms. The number of carboxylic acids is 1. The lowest BCUT2D eigenvalue weighted by molar-refractivity contribution is 0.0688. The number of rotatable bonds is 6. The van der Waals surface area contributed by atoms with Crippen molar-refractivity contribution >= 4 is 5.97 Å². The lowest BCUT2D eigenvalue weighted by atomic mass is 9.91. The molecular weight excluding hydrogens is 333 g/mol. The summed E-state index contributed by atoms with van der Waals surface area (Å²) < 4.78 is 15.3. The smallest absolute Gasteiger partial charge is 0.356 e. The zero-order valence-corrected chi connectivity index (χ0v) is 15.6. The van der Waals surface area contributed by atoms with E-state index in [9.17, 15) is 14.3 Å². The van der Waals surface area contributed by atoms with Crippen LogP contribution in [0.25, 0.3) is 0 Å². The standard InChI is InChI=1S/C20H26FN3O2/c1-12(2)11-24-18-7-6-16(9-17(18)19(23-24)20(25)26)22-10-14-8-15(21)5-4-13(14)3/h4-5,8,12,16,22H,6-7,9-11H2,1-3H3,(H,25,26)/t16-/m0/s1. The highest BCUT2D eigenvalue weighted by Gasteiger charge is 2.29. The maximum absolute atomic E-state index is 13.5. The molecule has 1 aromatic heterocycles. The molecule has 0 saturated carbocycles. The highest BCUT2D eigenvalue weighted by atomic mass is 19.1. The highest BCUT2D eigenvalue weighted by molar-refractivity contribution is 5.87. The van der Waals surface area contributed by atoms with Gasteiger partial charge in [-0.15, -0.1) is 0 Å². The third-order valence-electron chi connectivity index (χ3n) is 4.98. The predicted molar refractivity (Wildman–Crippen MR) is 97.8 cm³/mol. The average molecular weight is 359 g/mol. The fourth-order valence-electron chi connectivity index (χ4n) is 3.62. The SMILES string of the molecule is Cc1ccc(F)cc1CN[C@H]1CCc2c(c(C(=O)O)nn2CC(C)C)C1. The number of benzene rings is 1. The molecule has 1 aromatic carbocycles. The number of nitrogens with zero attached hydrogens (tertiary/aromatic N) is 2. The van der Waals surface area contributed by atoms with Crippen LogP contribution in [-0.2, 0) is 25.9 Å². The van der Waals surface area contributed by atoms with Crippen molar-refractivity contribution in [2.45, 2.75) is 59.2 Å². The Morgan fingerprint density at radius 3 is 2.92 bits per heavy atom. The van der Waals surface area contributed by atoms with E-state index in [0.717, 1.165) is 41.8 Å². The number of nitrogens with one attached hydrogen (secondary N) is 1. The zero-order chi connectivity index (χ0) is 18.8. The van der Waals surface area contributed by atoms with Crippen LogP contribution in [0.4, 0.5) is 4.39 Å². The minimum Gasteiger partial charge on any atom is -0.476 e. The predicted octanol–water partition coefficient (Wildman–Crippen LogP) is 3.33. The Labute approximate surface area is 153 Å². The van der Waals surface area contributed by atoms with Gasteiger partial charge in [0.15, 0.2) is 5.69 Å². The van der Waals surface area contributed by atoms with Crippen LogP contribution < -0.4 is 5.32 Å². The molecule has 3 rings (SSSR count). The molecule has 1 heterocycles. The Kier molecular flexibility index (Phi) is 5.41. The van der Waals surface area contributed by atoms with Gasteiger partial charge in [0.25, 0.3) is 0 Å². The van der Waals surface area contributed by atoms with Gasteiger partial charge in [0.2, 0.25) is 0 Å². The van der Waals surface area contributed by atoms with Crippen LogP contribution in [0.1, 0.15) is 53.1 Å². The number of aryl methyl sites for hydroxylation is 1. The number of hydrogen-bond donors (Lipinski definition) is 2. The van der Waals surface area contributed by atoms with Crippen molar-refractivity contribution in [1.82, 2.24) is 15.1 Å². The first-order valence-electron chi connectivity index (χ1n) is 9.15. The number of aromatic carboxylic acids is 1. The Morgan fingerprint density at radius 2 is 2.23 bits per heavy atom. The first-order chi connectivity index (χ1) is 12.3. The zero-order valence-electron chi connectivity index (χ0n) is 15.6. The number of carboxylic acid groups (broad SMARTS) is 1. The van der Waals surface area contributed by atoms with Gasteiger partial charge in [-0.2, -0.15) is 5.10 Å². The number of hydrogen-bond acceptors (Lipinski definition) is 3. The summed E-state index contributed by atoms with van der Waals surface area (Å²) in [6, 6.07) is 4.97. The number of carbonyl (C=O) groups is 1. The van der Waals surface area contributed by atoms with E-state index in [4.69, 9.17) is 0 Å². The number of fused-ring (bicyclic) bond motifs is 1. The molecule has 2 aromatic rings. The summed E-state index contributed by atoms with van der Waals surface area (Å²) in [6.07, 6.45) is 2.37. The van der Waals surface area contributed by atoms with E-state index in [1.807, 2.05) is 11.6 Å². The third-order valence-corrected chi connectivity index (χ3v) is 4.98. The second-order valence-electron chi connectivity index (χ2n) is 7.55. The Morgan fingerprint density at radius 1 is 1.46 bits per heavy atom. The lowest BCUT2D eigenvalue weighted by Gasteiger charge is -2.25. The van der Waals surface area contributed by atoms with Crippen LogP contribution in [0.2, 0.25) is 0 Å². The monoisotopic (exact) mass is 359 g/mol. The maximum atomic E-state index is 13.5. The molecule has 2 N–H and O–H groups in total. The van der Waals surface area contributed by atoms with Gasteiger partial charge in [-0.05, 0) is 55.4 Å². The van der Waals surface area contributed by atoms with Gasteiger partial charge in [0.05, 0.1) is 0 Å². The largest absolute Gasteiger partial charge is 0.476 e. The van der Waals surface area contributed by atoms with Gasteiger partial charge in [-0.3, -0.25) is 4.68 Å². The Bertz CT molecular complexity index is 814. The van der Waals surface area contributed by atoms with E-state index in [-0.39, 0.29) is 17.6 Å². The minimum absolute atomic E-state index is 0.167. The van der Waals surface area contributed by atoms with Crippen molar-refractivity contribution < 1.29 is 14.3 Å². The van der Waals surface area contributed by atoms with Gasteiger partial charge < -0.3 is 10.4 Å². The summed E-state index contributed by atoms with van der Waals surface area (Å²) in [6.45, 7) is 7.47. The Balaban J connectivity index is 1.75. The molecular formula is C20H26FN3O2. The van der Waals surface area contributed by atoms with Crippen LogP contribution in [0.5, 0.6) is 0 Å². The molecule has 1 aliphatic carbocycles. The molecule has 5 nitrogen and oxygen atoms in total. The molecule has 0 amide bonds. The van der Waals surface area contributed by atoms with E-state index in [1.54, 1.807) is 12.1 Å². The molecule has 26 heavy (non-hydrogen) atoms. The summed E-state index contributed by atoms with van der Waals surface area (Å²) in [4.78, 5) is 11.6. The molecule has 0 spiro atoms. The number of halogens is 1. The van der Waals surface area contributed by atoms with Gasteiger partial charge in [-0.1, -0.05) is 19.9 Å². The maximum Gasteiger partial charge on any atom is 0.356 e. The minimum atomic E-state index is -0.967. The first-order valence-corrected chi connectivity index (χ1v) is 9.15. The topological polar surface area (TPSA) is 67.2 Å². The summed E-state index contributed by atoms with van der Waals surface area (Å²) >= 11 is 0. The molecule has 1 atom stereocenters. The highest BCUT2D eigenvalue weighted by Crippen LogP contribution is 2.26. The van der Waals surface area contributed by atoms with Crippen LogP contribution in [0, 0.1) is 18.7 Å². The van der Waals surface area contributed by atoms with Gasteiger partial charge in [-0.25, -0.2) is 9.18 Å². The van der Waals surface area contributed by atoms with E-state index >= 15 is 0 Å². The van der Waals surface area contributed by atoms with Crippen molar-refractivity contribution in [3.63, 3.8) is 0 Å². The summed E-state index contributed by atoms with van der Waals surface area (Å²) in [5.41, 5.74) is 4.05. The fourth-order valence-corrected chi connectivity index (χ4v) is 3.62. The van der Waals surface area contributed by atoms with Crippen LogP contribution in [0.15, 0.2) is 18.2 Å². The summed E-state index contributed by atoms with van der Waals surface area (Å²) in [7, 11) is 0. The summed E-state index contributed by atoms with van der Waals surface area (Å²) in [5.74, 6) is -0.792. The molecule has 0 saturated heterocycles. The molecule has 0 fully saturated rings. The van der Waals surface area contributed by atoms with Crippen LogP contribution in [0.3, 0.4) is 0 Å². The van der Waals surface area contributed by atoms with E-state index < -0.39 is 5.97 Å². The normalized spacial score (nSPS) is 16.7. The molecule has 1 aliphatic rings. The van der Waals surface area contributed by atoms with E-state index in [2.05, 4.69) is 24.3 Å². The van der Waals surface area contributed by atoms with Crippen LogP contribution >= 0.6 is 0 Å². The molecule has 0 bridgehead atoms. The van der Waals surface area contributed by atoms with Crippen molar-refractivity contribution in [1.29, 1.82) is 0 Å². The van der Waals surface area contributed by atoms with Crippen LogP contribution in [-0.4, -0.2) is 26.9 Å². The third kappa shape index (κ3) is 3.96. The van der Waals surface area contributed by atoms with Gasteiger partial charge in [0.1, 0.15) is 5.82 Å². The molecule has 0 unspecified atom stereocenters. The van der Waals surface area contributed by atoms with Crippen molar-refractivity contribution in [3.05, 3.63) is 52.1 Å². The van der Waals surface area contributed by atoms with E-state index in [0.29, 0.717) is 18.9 Å². The summed E-state index contributed by atoms with van der Waals surface area (Å²) in [5, 5.41) is 17.3. The first kappa shape index (κ1) is 18.6. The van der Waals surface area contributed by atoms with Crippen molar-refractivity contribution in [2.75, 3.05) is 0 Å². The molecule has 0 aliphatic heterocycles. The van der Waals surface area contributed by atoms with Crippen molar-refractivity contribution in [2.24, 2.45) is 5.92 Å². The van der Waals surface area contributed by atoms with Gasteiger partial charge in [0, 0.05) is 30.4 Å². The Hall–Kier alpha value is -2.21. The fraction of sp³-hybridized carbons (Fsp3) is 0.500. The second kappa shape index (κ2) is 7.58. The molecule has 0 radical (unpaired) electrons. The molecule has 140 valence electrons. The quantitative estimate of drug-likeness (QED) is 0.830.